The van der Waals surface area contributed by atoms with Crippen LogP contribution in [-0.4, -0.2) is 33.8 Å². The van der Waals surface area contributed by atoms with E-state index < -0.39 is 28.0 Å². The summed E-state index contributed by atoms with van der Waals surface area (Å²) in [5, 5.41) is 3.41. The molecule has 2 aromatic carbocycles. The van der Waals surface area contributed by atoms with E-state index in [2.05, 4.69) is 11.2 Å². The number of fused-ring (bicyclic) bond motifs is 1. The fourth-order valence-electron chi connectivity index (χ4n) is 3.32. The van der Waals surface area contributed by atoms with Gasteiger partial charge in [-0.3, -0.25) is 4.18 Å². The Kier molecular flexibility index (Phi) is 6.87. The lowest BCUT2D eigenvalue weighted by molar-refractivity contribution is 0.0528. The number of anilines is 1. The van der Waals surface area contributed by atoms with Crippen molar-refractivity contribution >= 4 is 32.7 Å². The quantitative estimate of drug-likeness (QED) is 0.301. The smallest absolute Gasteiger partial charge is 0.342 e. The Morgan fingerprint density at radius 3 is 2.56 bits per heavy atom. The van der Waals surface area contributed by atoms with Crippen LogP contribution >= 0.6 is 0 Å². The van der Waals surface area contributed by atoms with Gasteiger partial charge in [0.25, 0.3) is 10.1 Å². The SMILES string of the molecule is C#CCNc1cc2oc(-c3ccc(F)cc3)c(C(=O)OCC)c2cc1C(C)OS(C)(=O)=O. The molecule has 1 heterocycles. The van der Waals surface area contributed by atoms with Crippen molar-refractivity contribution in [2.45, 2.75) is 20.0 Å². The highest BCUT2D eigenvalue weighted by molar-refractivity contribution is 7.86. The molecule has 1 N–H and O–H groups in total. The largest absolute Gasteiger partial charge is 0.462 e. The van der Waals surface area contributed by atoms with Crippen molar-refractivity contribution in [1.82, 2.24) is 0 Å². The van der Waals surface area contributed by atoms with Crippen LogP contribution in [0, 0.1) is 18.2 Å². The monoisotopic (exact) mass is 459 g/mol. The van der Waals surface area contributed by atoms with Gasteiger partial charge in [0, 0.05) is 28.3 Å². The Hall–Kier alpha value is -3.35. The van der Waals surface area contributed by atoms with Gasteiger partial charge in [0.15, 0.2) is 0 Å². The number of benzene rings is 2. The third-order valence-electron chi connectivity index (χ3n) is 4.58. The number of esters is 1. The number of furan rings is 1. The second-order valence-electron chi connectivity index (χ2n) is 6.97. The Bertz CT molecular complexity index is 1290. The maximum Gasteiger partial charge on any atom is 0.342 e. The number of halogens is 1. The van der Waals surface area contributed by atoms with Gasteiger partial charge < -0.3 is 14.5 Å². The summed E-state index contributed by atoms with van der Waals surface area (Å²) in [6, 6.07) is 8.70. The first-order chi connectivity index (χ1) is 15.1. The number of carbonyl (C=O) groups excluding carboxylic acids is 1. The number of terminal acetylenes is 1. The van der Waals surface area contributed by atoms with Crippen LogP contribution in [0.1, 0.15) is 35.9 Å². The molecule has 3 aromatic rings. The molecule has 0 fully saturated rings. The lowest BCUT2D eigenvalue weighted by atomic mass is 10.0. The summed E-state index contributed by atoms with van der Waals surface area (Å²) in [6.07, 6.45) is 5.42. The van der Waals surface area contributed by atoms with E-state index in [1.807, 2.05) is 0 Å². The van der Waals surface area contributed by atoms with E-state index in [-0.39, 0.29) is 24.5 Å². The number of rotatable bonds is 8. The molecule has 1 aromatic heterocycles. The van der Waals surface area contributed by atoms with Crippen LogP contribution < -0.4 is 5.32 Å². The van der Waals surface area contributed by atoms with Gasteiger partial charge in [0.2, 0.25) is 0 Å². The number of hydrogen-bond acceptors (Lipinski definition) is 7. The molecule has 32 heavy (non-hydrogen) atoms. The van der Waals surface area contributed by atoms with E-state index in [9.17, 15) is 17.6 Å². The number of carbonyl (C=O) groups is 1. The Balaban J connectivity index is 2.28. The predicted molar refractivity (Wildman–Crippen MR) is 119 cm³/mol. The summed E-state index contributed by atoms with van der Waals surface area (Å²) in [6.45, 7) is 3.54. The summed E-state index contributed by atoms with van der Waals surface area (Å²) in [5.41, 5.74) is 1.90. The van der Waals surface area contributed by atoms with E-state index in [1.165, 1.54) is 24.3 Å². The van der Waals surface area contributed by atoms with E-state index in [4.69, 9.17) is 19.8 Å². The molecule has 9 heteroatoms. The topological polar surface area (TPSA) is 94.8 Å². The van der Waals surface area contributed by atoms with E-state index in [1.54, 1.807) is 26.0 Å². The maximum atomic E-state index is 13.4. The van der Waals surface area contributed by atoms with Crippen molar-refractivity contribution in [3.63, 3.8) is 0 Å². The van der Waals surface area contributed by atoms with Gasteiger partial charge in [-0.05, 0) is 44.2 Å². The molecule has 168 valence electrons. The van der Waals surface area contributed by atoms with Crippen molar-refractivity contribution in [2.24, 2.45) is 0 Å². The molecule has 7 nitrogen and oxygen atoms in total. The van der Waals surface area contributed by atoms with Crippen LogP contribution in [0.4, 0.5) is 10.1 Å². The Labute approximate surface area is 185 Å². The van der Waals surface area contributed by atoms with E-state index in [0.717, 1.165) is 6.26 Å². The minimum atomic E-state index is -3.76. The highest BCUT2D eigenvalue weighted by Gasteiger charge is 2.26. The van der Waals surface area contributed by atoms with Gasteiger partial charge in [0.1, 0.15) is 28.8 Å². The van der Waals surface area contributed by atoms with Crippen molar-refractivity contribution in [3.8, 4) is 23.7 Å². The van der Waals surface area contributed by atoms with Crippen LogP contribution in [-0.2, 0) is 19.0 Å². The van der Waals surface area contributed by atoms with Crippen molar-refractivity contribution in [2.75, 3.05) is 24.7 Å². The number of nitrogens with one attached hydrogen (secondary N) is 1. The van der Waals surface area contributed by atoms with Gasteiger partial charge in [0.05, 0.1) is 19.4 Å². The van der Waals surface area contributed by atoms with Gasteiger partial charge in [-0.2, -0.15) is 8.42 Å². The summed E-state index contributed by atoms with van der Waals surface area (Å²) in [5.74, 6) is 1.59. The van der Waals surface area contributed by atoms with Gasteiger partial charge in [-0.15, -0.1) is 6.42 Å². The van der Waals surface area contributed by atoms with Crippen LogP contribution in [0.3, 0.4) is 0 Å². The lowest BCUT2D eigenvalue weighted by Crippen LogP contribution is -2.11. The molecule has 0 aliphatic rings. The fourth-order valence-corrected chi connectivity index (χ4v) is 3.95. The third kappa shape index (κ3) is 5.10. The van der Waals surface area contributed by atoms with Crippen LogP contribution in [0.25, 0.3) is 22.3 Å². The minimum absolute atomic E-state index is 0.136. The van der Waals surface area contributed by atoms with E-state index in [0.29, 0.717) is 27.8 Å². The highest BCUT2D eigenvalue weighted by atomic mass is 32.2. The maximum absolute atomic E-state index is 13.4. The van der Waals surface area contributed by atoms with Crippen LogP contribution in [0.15, 0.2) is 40.8 Å². The summed E-state index contributed by atoms with van der Waals surface area (Å²) in [4.78, 5) is 12.8. The van der Waals surface area contributed by atoms with Gasteiger partial charge >= 0.3 is 5.97 Å². The summed E-state index contributed by atoms with van der Waals surface area (Å²) in [7, 11) is -3.76. The normalized spacial score (nSPS) is 12.3. The average molecular weight is 459 g/mol. The van der Waals surface area contributed by atoms with Crippen molar-refractivity contribution in [1.29, 1.82) is 0 Å². The summed E-state index contributed by atoms with van der Waals surface area (Å²) < 4.78 is 53.1. The van der Waals surface area contributed by atoms with E-state index >= 15 is 0 Å². The number of ether oxygens (including phenoxy) is 1. The zero-order valence-electron chi connectivity index (χ0n) is 17.8. The second kappa shape index (κ2) is 9.42. The molecule has 3 rings (SSSR count). The van der Waals surface area contributed by atoms with Gasteiger partial charge in [-0.1, -0.05) is 5.92 Å². The zero-order valence-corrected chi connectivity index (χ0v) is 18.6. The molecule has 1 unspecified atom stereocenters. The highest BCUT2D eigenvalue weighted by Crippen LogP contribution is 2.39. The molecular formula is C23H22FNO6S. The average Bonchev–Trinajstić information content (AvgIpc) is 3.09. The molecule has 0 amide bonds. The standard InChI is InChI=1S/C23H22FNO6S/c1-5-11-25-19-13-20-18(12-17(19)14(3)31-32(4,27)28)21(23(26)29-6-2)22(30-20)15-7-9-16(24)10-8-15/h1,7-10,12-14,25H,6,11H2,2-4H3. The molecule has 0 saturated carbocycles. The first kappa shape index (κ1) is 23.3. The fraction of sp³-hybridized carbons (Fsp3) is 0.261. The van der Waals surface area contributed by atoms with Crippen LogP contribution in [0.2, 0.25) is 0 Å². The summed E-state index contributed by atoms with van der Waals surface area (Å²) >= 11 is 0. The predicted octanol–water partition coefficient (Wildman–Crippen LogP) is 4.50. The molecule has 0 aliphatic carbocycles. The number of hydrogen-bond donors (Lipinski definition) is 1. The minimum Gasteiger partial charge on any atom is -0.462 e. The first-order valence-corrected chi connectivity index (χ1v) is 11.5. The Morgan fingerprint density at radius 1 is 1.28 bits per heavy atom. The van der Waals surface area contributed by atoms with Crippen LogP contribution in [0.5, 0.6) is 0 Å². The molecule has 0 aliphatic heterocycles. The molecule has 0 radical (unpaired) electrons. The second-order valence-corrected chi connectivity index (χ2v) is 8.57. The van der Waals surface area contributed by atoms with Gasteiger partial charge in [-0.25, -0.2) is 9.18 Å². The Morgan fingerprint density at radius 2 is 1.97 bits per heavy atom. The molecule has 0 saturated heterocycles. The molecule has 0 bridgehead atoms. The van der Waals surface area contributed by atoms with Crippen molar-refractivity contribution in [3.05, 3.63) is 53.3 Å². The molecule has 0 spiro atoms. The lowest BCUT2D eigenvalue weighted by Gasteiger charge is -2.17. The van der Waals surface area contributed by atoms with Crippen molar-refractivity contribution < 1.29 is 30.9 Å². The molecule has 1 atom stereocenters. The first-order valence-electron chi connectivity index (χ1n) is 9.73. The zero-order chi connectivity index (χ0) is 23.5. The third-order valence-corrected chi connectivity index (χ3v) is 5.22. The molecular weight excluding hydrogens is 437 g/mol.